The molecule has 1 saturated heterocycles. The number of methoxy groups -OCH3 is 3. The molecule has 0 aromatic heterocycles. The van der Waals surface area contributed by atoms with Gasteiger partial charge < -0.3 is 29.2 Å². The van der Waals surface area contributed by atoms with Crippen molar-refractivity contribution in [3.8, 4) is 17.2 Å². The number of rotatable bonds is 9. The van der Waals surface area contributed by atoms with Crippen LogP contribution in [0.25, 0.3) is 0 Å². The second kappa shape index (κ2) is 11.2. The third-order valence-corrected chi connectivity index (χ3v) is 4.77. The molecule has 0 unspecified atom stereocenters. The average molecular weight is 403 g/mol. The number of nitrogens with one attached hydrogen (secondary N) is 1. The van der Waals surface area contributed by atoms with Gasteiger partial charge >= 0.3 is 0 Å². The number of hydrogen-bond acceptors (Lipinski definition) is 6. The number of hydrogen-bond donors (Lipinski definition) is 1. The molecule has 1 aromatic rings. The van der Waals surface area contributed by atoms with E-state index in [9.17, 15) is 4.79 Å². The first-order valence-corrected chi connectivity index (χ1v) is 8.92. The van der Waals surface area contributed by atoms with E-state index in [1.165, 1.54) is 0 Å². The van der Waals surface area contributed by atoms with Gasteiger partial charge in [-0.05, 0) is 32.4 Å². The monoisotopic (exact) mass is 402 g/mol. The number of piperidine rings is 1. The fourth-order valence-corrected chi connectivity index (χ4v) is 3.14. The highest BCUT2D eigenvalue weighted by atomic mass is 35.5. The summed E-state index contributed by atoms with van der Waals surface area (Å²) in [5, 5.41) is 3.27. The maximum atomic E-state index is 12.8. The second-order valence-electron chi connectivity index (χ2n) is 6.43. The largest absolute Gasteiger partial charge is 0.496 e. The van der Waals surface area contributed by atoms with Gasteiger partial charge in [0, 0.05) is 38.9 Å². The zero-order valence-electron chi connectivity index (χ0n) is 16.6. The summed E-state index contributed by atoms with van der Waals surface area (Å²) in [6, 6.07) is 5.42. The normalized spacial score (nSPS) is 15.4. The summed E-state index contributed by atoms with van der Waals surface area (Å²) in [6.07, 6.45) is 2.12. The van der Waals surface area contributed by atoms with Crippen LogP contribution in [0.1, 0.15) is 19.3 Å². The first-order chi connectivity index (χ1) is 12.5. The summed E-state index contributed by atoms with van der Waals surface area (Å²) in [7, 11) is 6.65. The Kier molecular flexibility index (Phi) is 9.69. The molecule has 0 saturated carbocycles. The quantitative estimate of drug-likeness (QED) is 0.638. The maximum Gasteiger partial charge on any atom is 0.254 e. The molecule has 8 heteroatoms. The van der Waals surface area contributed by atoms with E-state index in [-0.39, 0.29) is 18.3 Å². The van der Waals surface area contributed by atoms with Gasteiger partial charge in [0.15, 0.2) is 0 Å². The van der Waals surface area contributed by atoms with Crippen molar-refractivity contribution in [1.29, 1.82) is 0 Å². The molecule has 1 aliphatic rings. The summed E-state index contributed by atoms with van der Waals surface area (Å²) < 4.78 is 21.8. The Bertz CT molecular complexity index is 571. The first kappa shape index (κ1) is 23.3. The molecule has 0 spiro atoms. The minimum atomic E-state index is -0.693. The summed E-state index contributed by atoms with van der Waals surface area (Å²) in [4.78, 5) is 14.5. The number of halogens is 1. The number of likely N-dealkylation sites (N-methyl/N-ethyl adjacent to an activating group) is 1. The van der Waals surface area contributed by atoms with E-state index in [1.807, 2.05) is 19.2 Å². The number of carbonyl (C=O) groups excluding carboxylic acids is 1. The molecule has 1 aliphatic heterocycles. The Balaban J connectivity index is 0.00000364. The minimum absolute atomic E-state index is 0. The molecule has 2 rings (SSSR count). The third kappa shape index (κ3) is 6.16. The number of carbonyl (C=O) groups is 1. The SMILES string of the molecule is COc1cc(OC)cc(OCCCN(C)C(=O)C2(OC)CCNCC2)c1.Cl. The van der Waals surface area contributed by atoms with Crippen LogP contribution >= 0.6 is 12.4 Å². The van der Waals surface area contributed by atoms with Gasteiger partial charge in [-0.25, -0.2) is 0 Å². The second-order valence-corrected chi connectivity index (χ2v) is 6.43. The molecular weight excluding hydrogens is 372 g/mol. The van der Waals surface area contributed by atoms with Crippen LogP contribution in [0.3, 0.4) is 0 Å². The Labute approximate surface area is 167 Å². The molecule has 0 radical (unpaired) electrons. The van der Waals surface area contributed by atoms with Gasteiger partial charge in [-0.3, -0.25) is 4.79 Å². The molecule has 1 aromatic carbocycles. The standard InChI is InChI=1S/C19H30N2O5.ClH/c1-21(18(22)19(25-4)6-8-20-9-7-19)10-5-11-26-17-13-15(23-2)12-16(14-17)24-3;/h12-14,20H,5-11H2,1-4H3;1H. The first-order valence-electron chi connectivity index (χ1n) is 8.92. The molecule has 1 fully saturated rings. The van der Waals surface area contributed by atoms with Crippen molar-refractivity contribution in [2.24, 2.45) is 0 Å². The number of nitrogens with zero attached hydrogens (tertiary/aromatic N) is 1. The highest BCUT2D eigenvalue weighted by molar-refractivity contribution is 5.85. The van der Waals surface area contributed by atoms with Crippen LogP contribution < -0.4 is 19.5 Å². The molecule has 1 heterocycles. The van der Waals surface area contributed by atoms with Crippen LogP contribution in [-0.4, -0.2) is 71.0 Å². The topological polar surface area (TPSA) is 69.3 Å². The van der Waals surface area contributed by atoms with E-state index in [0.717, 1.165) is 19.5 Å². The van der Waals surface area contributed by atoms with Gasteiger partial charge in [0.25, 0.3) is 5.91 Å². The lowest BCUT2D eigenvalue weighted by Gasteiger charge is -2.37. The molecular formula is C19H31ClN2O5. The summed E-state index contributed by atoms with van der Waals surface area (Å²) in [6.45, 7) is 2.70. The fraction of sp³-hybridized carbons (Fsp3) is 0.632. The predicted octanol–water partition coefficient (Wildman–Crippen LogP) is 2.12. The summed E-state index contributed by atoms with van der Waals surface area (Å²) in [5.74, 6) is 2.09. The van der Waals surface area contributed by atoms with E-state index in [2.05, 4.69) is 5.32 Å². The van der Waals surface area contributed by atoms with Gasteiger partial charge in [-0.15, -0.1) is 12.4 Å². The number of amides is 1. The van der Waals surface area contributed by atoms with Crippen LogP contribution in [0.5, 0.6) is 17.2 Å². The van der Waals surface area contributed by atoms with Gasteiger partial charge in [0.05, 0.1) is 20.8 Å². The predicted molar refractivity (Wildman–Crippen MR) is 106 cm³/mol. The van der Waals surface area contributed by atoms with Crippen LogP contribution in [-0.2, 0) is 9.53 Å². The summed E-state index contributed by atoms with van der Waals surface area (Å²) in [5.41, 5.74) is -0.693. The van der Waals surface area contributed by atoms with Crippen LogP contribution in [0.15, 0.2) is 18.2 Å². The smallest absolute Gasteiger partial charge is 0.254 e. The van der Waals surface area contributed by atoms with Crippen molar-refractivity contribution >= 4 is 18.3 Å². The lowest BCUT2D eigenvalue weighted by atomic mass is 9.90. The maximum absolute atomic E-state index is 12.8. The van der Waals surface area contributed by atoms with Gasteiger partial charge in [-0.2, -0.15) is 0 Å². The van der Waals surface area contributed by atoms with E-state index in [4.69, 9.17) is 18.9 Å². The van der Waals surface area contributed by atoms with Crippen molar-refractivity contribution in [3.05, 3.63) is 18.2 Å². The minimum Gasteiger partial charge on any atom is -0.496 e. The highest BCUT2D eigenvalue weighted by Gasteiger charge is 2.41. The van der Waals surface area contributed by atoms with Crippen molar-refractivity contribution < 1.29 is 23.7 Å². The number of ether oxygens (including phenoxy) is 4. The molecule has 1 N–H and O–H groups in total. The van der Waals surface area contributed by atoms with E-state index >= 15 is 0 Å². The Morgan fingerprint density at radius 3 is 2.15 bits per heavy atom. The Morgan fingerprint density at radius 2 is 1.63 bits per heavy atom. The van der Waals surface area contributed by atoms with Gasteiger partial charge in [-0.1, -0.05) is 0 Å². The van der Waals surface area contributed by atoms with Gasteiger partial charge in [0.2, 0.25) is 0 Å². The van der Waals surface area contributed by atoms with Crippen molar-refractivity contribution in [3.63, 3.8) is 0 Å². The number of benzene rings is 1. The van der Waals surface area contributed by atoms with Crippen molar-refractivity contribution in [2.45, 2.75) is 24.9 Å². The lowest BCUT2D eigenvalue weighted by molar-refractivity contribution is -0.157. The van der Waals surface area contributed by atoms with E-state index < -0.39 is 5.60 Å². The van der Waals surface area contributed by atoms with Crippen LogP contribution in [0.2, 0.25) is 0 Å². The van der Waals surface area contributed by atoms with Crippen LogP contribution in [0.4, 0.5) is 0 Å². The zero-order valence-corrected chi connectivity index (χ0v) is 17.4. The summed E-state index contributed by atoms with van der Waals surface area (Å²) >= 11 is 0. The average Bonchev–Trinajstić information content (AvgIpc) is 2.70. The molecule has 0 atom stereocenters. The molecule has 27 heavy (non-hydrogen) atoms. The zero-order chi connectivity index (χ0) is 19.0. The van der Waals surface area contributed by atoms with Crippen molar-refractivity contribution in [2.75, 3.05) is 54.6 Å². The highest BCUT2D eigenvalue weighted by Crippen LogP contribution is 2.28. The molecule has 7 nitrogen and oxygen atoms in total. The third-order valence-electron chi connectivity index (χ3n) is 4.77. The van der Waals surface area contributed by atoms with Gasteiger partial charge in [0.1, 0.15) is 22.8 Å². The van der Waals surface area contributed by atoms with E-state index in [0.29, 0.717) is 43.2 Å². The lowest BCUT2D eigenvalue weighted by Crippen LogP contribution is -2.54. The molecule has 0 aliphatic carbocycles. The molecule has 1 amide bonds. The Hall–Kier alpha value is -1.70. The Morgan fingerprint density at radius 1 is 1.07 bits per heavy atom. The molecule has 154 valence electrons. The van der Waals surface area contributed by atoms with E-state index in [1.54, 1.807) is 32.3 Å². The molecule has 0 bridgehead atoms. The van der Waals surface area contributed by atoms with Crippen molar-refractivity contribution in [1.82, 2.24) is 10.2 Å². The fourth-order valence-electron chi connectivity index (χ4n) is 3.14. The van der Waals surface area contributed by atoms with Crippen LogP contribution in [0, 0.1) is 0 Å².